The molecule has 0 bridgehead atoms. The summed E-state index contributed by atoms with van der Waals surface area (Å²) < 4.78 is 5.31. The number of carbonyl (C=O) groups is 2. The highest BCUT2D eigenvalue weighted by Crippen LogP contribution is 2.25. The Morgan fingerprint density at radius 2 is 2.26 bits per heavy atom. The van der Waals surface area contributed by atoms with Gasteiger partial charge in [-0.2, -0.15) is 5.26 Å². The largest absolute Gasteiger partial charge is 0.484 e. The first-order valence-electron chi connectivity index (χ1n) is 6.13. The minimum Gasteiger partial charge on any atom is -0.484 e. The van der Waals surface area contributed by atoms with E-state index in [0.717, 1.165) is 18.4 Å². The van der Waals surface area contributed by atoms with Crippen LogP contribution in [0.5, 0.6) is 5.75 Å². The van der Waals surface area contributed by atoms with Crippen molar-refractivity contribution < 1.29 is 14.3 Å². The number of hydrogen-bond acceptors (Lipinski definition) is 4. The minimum atomic E-state index is -0.356. The lowest BCUT2D eigenvalue weighted by Gasteiger charge is -2.15. The molecule has 0 atom stereocenters. The Kier molecular flexibility index (Phi) is 4.14. The van der Waals surface area contributed by atoms with Crippen LogP contribution in [0.25, 0.3) is 0 Å². The molecule has 0 heterocycles. The zero-order chi connectivity index (χ0) is 13.7. The first-order valence-corrected chi connectivity index (χ1v) is 6.13. The molecule has 0 radical (unpaired) electrons. The van der Waals surface area contributed by atoms with Crippen LogP contribution in [0.3, 0.4) is 0 Å². The fourth-order valence-corrected chi connectivity index (χ4v) is 2.04. The number of benzene rings is 1. The number of ketones is 1. The Labute approximate surface area is 111 Å². The summed E-state index contributed by atoms with van der Waals surface area (Å²) in [5, 5.41) is 10.7. The third-order valence-electron chi connectivity index (χ3n) is 2.97. The van der Waals surface area contributed by atoms with Gasteiger partial charge in [-0.15, -0.1) is 0 Å². The van der Waals surface area contributed by atoms with Gasteiger partial charge in [-0.3, -0.25) is 9.59 Å². The Balaban J connectivity index is 1.99. The van der Waals surface area contributed by atoms with E-state index in [9.17, 15) is 9.59 Å². The van der Waals surface area contributed by atoms with Crippen molar-refractivity contribution in [2.45, 2.75) is 19.3 Å². The number of amides is 1. The monoisotopic (exact) mass is 258 g/mol. The molecule has 1 aromatic carbocycles. The summed E-state index contributed by atoms with van der Waals surface area (Å²) in [6.45, 7) is -0.195. The second kappa shape index (κ2) is 6.01. The van der Waals surface area contributed by atoms with Gasteiger partial charge in [-0.05, 0) is 30.5 Å². The molecule has 1 aliphatic rings. The van der Waals surface area contributed by atoms with Crippen LogP contribution in [0.4, 0.5) is 0 Å². The van der Waals surface area contributed by atoms with Crippen molar-refractivity contribution >= 4 is 11.7 Å². The van der Waals surface area contributed by atoms with Crippen LogP contribution in [0, 0.1) is 11.3 Å². The summed E-state index contributed by atoms with van der Waals surface area (Å²) >= 11 is 0. The minimum absolute atomic E-state index is 0.0368. The van der Waals surface area contributed by atoms with Crippen molar-refractivity contribution in [3.63, 3.8) is 0 Å². The predicted octanol–water partition coefficient (Wildman–Crippen LogP) is 1.22. The number of hydrogen-bond donors (Lipinski definition) is 1. The number of nitrogens with one attached hydrogen (secondary N) is 1. The molecule has 1 amide bonds. The molecule has 0 saturated heterocycles. The molecule has 1 aromatic rings. The first kappa shape index (κ1) is 13.1. The van der Waals surface area contributed by atoms with E-state index >= 15 is 0 Å². The number of nitriles is 1. The molecular weight excluding hydrogens is 244 g/mol. The number of rotatable bonds is 4. The molecule has 5 heteroatoms. The summed E-state index contributed by atoms with van der Waals surface area (Å²) in [6.07, 6.45) is 2.37. The third kappa shape index (κ3) is 3.32. The highest BCUT2D eigenvalue weighted by molar-refractivity contribution is 5.98. The van der Waals surface area contributed by atoms with Crippen LogP contribution in [0.2, 0.25) is 0 Å². The van der Waals surface area contributed by atoms with Crippen LogP contribution in [0.1, 0.15) is 28.8 Å². The number of carbonyl (C=O) groups excluding carboxylic acids is 2. The van der Waals surface area contributed by atoms with Crippen LogP contribution in [-0.4, -0.2) is 24.8 Å². The molecule has 2 rings (SSSR count). The SMILES string of the molecule is N#CCNC(=O)COc1ccc2c(c1)C(=O)CCC2. The van der Waals surface area contributed by atoms with Gasteiger partial charge in [-0.25, -0.2) is 0 Å². The van der Waals surface area contributed by atoms with Gasteiger partial charge in [0.2, 0.25) is 0 Å². The maximum absolute atomic E-state index is 11.7. The Morgan fingerprint density at radius 1 is 1.42 bits per heavy atom. The van der Waals surface area contributed by atoms with Crippen molar-refractivity contribution in [1.82, 2.24) is 5.32 Å². The van der Waals surface area contributed by atoms with Crippen LogP contribution in [0.15, 0.2) is 18.2 Å². The van der Waals surface area contributed by atoms with Crippen molar-refractivity contribution in [2.24, 2.45) is 0 Å². The maximum atomic E-state index is 11.7. The molecule has 0 aliphatic heterocycles. The molecule has 0 aromatic heterocycles. The molecule has 5 nitrogen and oxygen atoms in total. The van der Waals surface area contributed by atoms with Crippen molar-refractivity contribution in [1.29, 1.82) is 5.26 Å². The Bertz CT molecular complexity index is 546. The van der Waals surface area contributed by atoms with E-state index in [0.29, 0.717) is 17.7 Å². The molecule has 1 aliphatic carbocycles. The van der Waals surface area contributed by atoms with Crippen molar-refractivity contribution in [3.05, 3.63) is 29.3 Å². The highest BCUT2D eigenvalue weighted by Gasteiger charge is 2.17. The lowest BCUT2D eigenvalue weighted by Crippen LogP contribution is -2.29. The van der Waals surface area contributed by atoms with Gasteiger partial charge in [-0.1, -0.05) is 6.07 Å². The first-order chi connectivity index (χ1) is 9.20. The number of nitrogens with zero attached hydrogens (tertiary/aromatic N) is 1. The van der Waals surface area contributed by atoms with E-state index < -0.39 is 0 Å². The van der Waals surface area contributed by atoms with E-state index in [1.807, 2.05) is 12.1 Å². The normalized spacial score (nSPS) is 13.3. The van der Waals surface area contributed by atoms with Crippen molar-refractivity contribution in [2.75, 3.05) is 13.2 Å². The van der Waals surface area contributed by atoms with E-state index in [4.69, 9.17) is 10.00 Å². The average molecular weight is 258 g/mol. The number of fused-ring (bicyclic) bond motifs is 1. The highest BCUT2D eigenvalue weighted by atomic mass is 16.5. The standard InChI is InChI=1S/C14H14N2O3/c15-6-7-16-14(18)9-19-11-5-4-10-2-1-3-13(17)12(10)8-11/h4-5,8H,1-3,7,9H2,(H,16,18). The lowest BCUT2D eigenvalue weighted by molar-refractivity contribution is -0.122. The third-order valence-corrected chi connectivity index (χ3v) is 2.97. The van der Waals surface area contributed by atoms with Gasteiger partial charge >= 0.3 is 0 Å². The molecule has 0 unspecified atom stereocenters. The summed E-state index contributed by atoms with van der Waals surface area (Å²) in [5.74, 6) is 0.271. The van der Waals surface area contributed by atoms with Gasteiger partial charge in [0.25, 0.3) is 5.91 Å². The van der Waals surface area contributed by atoms with Crippen LogP contribution >= 0.6 is 0 Å². The molecule has 0 spiro atoms. The fourth-order valence-electron chi connectivity index (χ4n) is 2.04. The average Bonchev–Trinajstić information content (AvgIpc) is 2.43. The predicted molar refractivity (Wildman–Crippen MR) is 67.8 cm³/mol. The quantitative estimate of drug-likeness (QED) is 0.824. The van der Waals surface area contributed by atoms with Gasteiger partial charge in [0, 0.05) is 12.0 Å². The number of aryl methyl sites for hydroxylation is 1. The van der Waals surface area contributed by atoms with Crippen LogP contribution < -0.4 is 10.1 Å². The number of ether oxygens (including phenoxy) is 1. The molecule has 19 heavy (non-hydrogen) atoms. The van der Waals surface area contributed by atoms with E-state index in [-0.39, 0.29) is 24.8 Å². The molecule has 0 fully saturated rings. The lowest BCUT2D eigenvalue weighted by atomic mass is 9.90. The van der Waals surface area contributed by atoms with E-state index in [1.165, 1.54) is 0 Å². The Morgan fingerprint density at radius 3 is 3.05 bits per heavy atom. The molecule has 0 saturated carbocycles. The summed E-state index contributed by atoms with van der Waals surface area (Å²) in [6, 6.07) is 7.13. The molecular formula is C14H14N2O3. The topological polar surface area (TPSA) is 79.2 Å². The van der Waals surface area contributed by atoms with Gasteiger partial charge in [0.15, 0.2) is 12.4 Å². The summed E-state index contributed by atoms with van der Waals surface area (Å²) in [4.78, 5) is 23.0. The van der Waals surface area contributed by atoms with E-state index in [2.05, 4.69) is 5.32 Å². The zero-order valence-corrected chi connectivity index (χ0v) is 10.4. The maximum Gasteiger partial charge on any atom is 0.258 e. The smallest absolute Gasteiger partial charge is 0.258 e. The van der Waals surface area contributed by atoms with Gasteiger partial charge in [0.1, 0.15) is 12.3 Å². The van der Waals surface area contributed by atoms with Gasteiger partial charge in [0.05, 0.1) is 6.07 Å². The van der Waals surface area contributed by atoms with Crippen LogP contribution in [-0.2, 0) is 11.2 Å². The zero-order valence-electron chi connectivity index (χ0n) is 10.4. The molecule has 98 valence electrons. The summed E-state index contributed by atoms with van der Waals surface area (Å²) in [7, 11) is 0. The fraction of sp³-hybridized carbons (Fsp3) is 0.357. The Hall–Kier alpha value is -2.35. The second-order valence-corrected chi connectivity index (χ2v) is 4.32. The second-order valence-electron chi connectivity index (χ2n) is 4.32. The summed E-state index contributed by atoms with van der Waals surface area (Å²) in [5.41, 5.74) is 1.73. The van der Waals surface area contributed by atoms with E-state index in [1.54, 1.807) is 12.1 Å². The number of Topliss-reactive ketones (excluding diaryl/α,β-unsaturated/α-hetero) is 1. The van der Waals surface area contributed by atoms with Gasteiger partial charge < -0.3 is 10.1 Å². The molecule has 1 N–H and O–H groups in total. The van der Waals surface area contributed by atoms with Crippen molar-refractivity contribution in [3.8, 4) is 11.8 Å².